The summed E-state index contributed by atoms with van der Waals surface area (Å²) in [6.07, 6.45) is 1.06. The zero-order valence-electron chi connectivity index (χ0n) is 14.9. The molecule has 2 N–H and O–H groups in total. The summed E-state index contributed by atoms with van der Waals surface area (Å²) in [6.45, 7) is 6.24. The molecule has 0 unspecified atom stereocenters. The molecule has 1 fully saturated rings. The minimum atomic E-state index is -0.285. The van der Waals surface area contributed by atoms with Gasteiger partial charge in [-0.05, 0) is 42.3 Å². The predicted octanol–water partition coefficient (Wildman–Crippen LogP) is 2.65. The maximum Gasteiger partial charge on any atom is 0.340 e. The number of H-pyrrole nitrogens is 2. The van der Waals surface area contributed by atoms with Gasteiger partial charge >= 0.3 is 5.69 Å². The van der Waals surface area contributed by atoms with Gasteiger partial charge in [-0.25, -0.2) is 9.89 Å². The molecule has 0 spiro atoms. The Labute approximate surface area is 152 Å². The number of aromatic nitrogens is 3. The second-order valence-electron chi connectivity index (χ2n) is 6.53. The molecular weight excluding hydrogens is 326 g/mol. The first-order valence-corrected chi connectivity index (χ1v) is 9.07. The molecule has 0 radical (unpaired) electrons. The van der Waals surface area contributed by atoms with E-state index in [-0.39, 0.29) is 5.69 Å². The van der Waals surface area contributed by atoms with Gasteiger partial charge in [-0.1, -0.05) is 25.1 Å². The second kappa shape index (κ2) is 7.07. The SMILES string of the molecule is CCc1ccccc1N1CCN(c2ccc(-c3n[nH]c(=O)[nH]3)cc2)CC1. The third-order valence-corrected chi connectivity index (χ3v) is 5.00. The van der Waals surface area contributed by atoms with Crippen LogP contribution in [0.5, 0.6) is 0 Å². The summed E-state index contributed by atoms with van der Waals surface area (Å²) < 4.78 is 0. The third kappa shape index (κ3) is 3.22. The van der Waals surface area contributed by atoms with Crippen molar-refractivity contribution < 1.29 is 0 Å². The van der Waals surface area contributed by atoms with Gasteiger partial charge in [0.05, 0.1) is 0 Å². The summed E-state index contributed by atoms with van der Waals surface area (Å²) in [7, 11) is 0. The highest BCUT2D eigenvalue weighted by Crippen LogP contribution is 2.25. The first-order chi connectivity index (χ1) is 12.7. The van der Waals surface area contributed by atoms with Crippen molar-refractivity contribution in [3.05, 3.63) is 64.6 Å². The van der Waals surface area contributed by atoms with Crippen molar-refractivity contribution in [1.82, 2.24) is 15.2 Å². The van der Waals surface area contributed by atoms with Gasteiger partial charge in [0.1, 0.15) is 0 Å². The zero-order chi connectivity index (χ0) is 17.9. The number of nitrogens with one attached hydrogen (secondary N) is 2. The smallest absolute Gasteiger partial charge is 0.340 e. The zero-order valence-corrected chi connectivity index (χ0v) is 14.9. The summed E-state index contributed by atoms with van der Waals surface area (Å²) in [5.74, 6) is 0.572. The number of aryl methyl sites for hydroxylation is 1. The van der Waals surface area contributed by atoms with Crippen LogP contribution < -0.4 is 15.5 Å². The van der Waals surface area contributed by atoms with E-state index in [1.807, 2.05) is 12.1 Å². The highest BCUT2D eigenvalue weighted by atomic mass is 16.1. The topological polar surface area (TPSA) is 68.0 Å². The Balaban J connectivity index is 1.44. The highest BCUT2D eigenvalue weighted by Gasteiger charge is 2.19. The molecule has 134 valence electrons. The standard InChI is InChI=1S/C20H23N5O/c1-2-15-5-3-4-6-18(15)25-13-11-24(12-14-25)17-9-7-16(8-10-17)19-21-20(26)23-22-19/h3-10H,2,11-14H2,1H3,(H2,21,22,23,26). The summed E-state index contributed by atoms with van der Waals surface area (Å²) in [4.78, 5) is 18.8. The van der Waals surface area contributed by atoms with E-state index in [9.17, 15) is 4.79 Å². The molecule has 3 aromatic rings. The van der Waals surface area contributed by atoms with Crippen LogP contribution in [0.1, 0.15) is 12.5 Å². The fourth-order valence-corrected chi connectivity index (χ4v) is 3.56. The molecule has 0 amide bonds. The molecule has 0 bridgehead atoms. The van der Waals surface area contributed by atoms with E-state index >= 15 is 0 Å². The van der Waals surface area contributed by atoms with Crippen LogP contribution in [0.3, 0.4) is 0 Å². The number of nitrogens with zero attached hydrogens (tertiary/aromatic N) is 3. The minimum absolute atomic E-state index is 0.285. The largest absolute Gasteiger partial charge is 0.368 e. The van der Waals surface area contributed by atoms with Gasteiger partial charge in [0.2, 0.25) is 0 Å². The first-order valence-electron chi connectivity index (χ1n) is 9.07. The summed E-state index contributed by atoms with van der Waals surface area (Å²) in [5.41, 5.74) is 4.61. The molecule has 1 aliphatic rings. The fourth-order valence-electron chi connectivity index (χ4n) is 3.56. The van der Waals surface area contributed by atoms with Crippen molar-refractivity contribution in [3.8, 4) is 11.4 Å². The van der Waals surface area contributed by atoms with E-state index in [0.29, 0.717) is 5.82 Å². The summed E-state index contributed by atoms with van der Waals surface area (Å²) in [5, 5.41) is 6.37. The number of para-hydroxylation sites is 1. The van der Waals surface area contributed by atoms with Crippen molar-refractivity contribution in [2.24, 2.45) is 0 Å². The molecule has 0 atom stereocenters. The molecule has 1 aromatic heterocycles. The molecule has 1 aliphatic heterocycles. The number of hydrogen-bond donors (Lipinski definition) is 2. The molecule has 6 nitrogen and oxygen atoms in total. The van der Waals surface area contributed by atoms with Gasteiger partial charge in [0.25, 0.3) is 0 Å². The summed E-state index contributed by atoms with van der Waals surface area (Å²) in [6, 6.07) is 16.9. The quantitative estimate of drug-likeness (QED) is 0.760. The van der Waals surface area contributed by atoms with Crippen LogP contribution in [-0.2, 0) is 6.42 Å². The van der Waals surface area contributed by atoms with Crippen LogP contribution in [0.25, 0.3) is 11.4 Å². The van der Waals surface area contributed by atoms with Crippen LogP contribution in [0.15, 0.2) is 53.3 Å². The fraction of sp³-hybridized carbons (Fsp3) is 0.300. The molecule has 6 heteroatoms. The lowest BCUT2D eigenvalue weighted by Crippen LogP contribution is -2.46. The maximum absolute atomic E-state index is 11.2. The number of aromatic amines is 2. The Bertz CT molecular complexity index is 920. The molecule has 4 rings (SSSR count). The minimum Gasteiger partial charge on any atom is -0.368 e. The number of hydrogen-bond acceptors (Lipinski definition) is 4. The lowest BCUT2D eigenvalue weighted by molar-refractivity contribution is 0.651. The van der Waals surface area contributed by atoms with E-state index in [4.69, 9.17) is 0 Å². The van der Waals surface area contributed by atoms with E-state index in [0.717, 1.165) is 38.2 Å². The van der Waals surface area contributed by atoms with Gasteiger partial charge in [-0.2, -0.15) is 5.10 Å². The van der Waals surface area contributed by atoms with E-state index in [1.165, 1.54) is 16.9 Å². The second-order valence-corrected chi connectivity index (χ2v) is 6.53. The van der Waals surface area contributed by atoms with Crippen LogP contribution in [-0.4, -0.2) is 41.4 Å². The normalized spacial score (nSPS) is 14.7. The Morgan fingerprint density at radius 2 is 1.65 bits per heavy atom. The predicted molar refractivity (Wildman–Crippen MR) is 105 cm³/mol. The van der Waals surface area contributed by atoms with Crippen LogP contribution in [0.2, 0.25) is 0 Å². The molecule has 2 heterocycles. The van der Waals surface area contributed by atoms with E-state index in [2.05, 4.69) is 68.3 Å². The van der Waals surface area contributed by atoms with E-state index < -0.39 is 0 Å². The van der Waals surface area contributed by atoms with Crippen molar-refractivity contribution in [2.45, 2.75) is 13.3 Å². The van der Waals surface area contributed by atoms with Crippen molar-refractivity contribution in [2.75, 3.05) is 36.0 Å². The monoisotopic (exact) mass is 349 g/mol. The van der Waals surface area contributed by atoms with E-state index in [1.54, 1.807) is 0 Å². The van der Waals surface area contributed by atoms with Gasteiger partial charge in [-0.3, -0.25) is 4.98 Å². The Kier molecular flexibility index (Phi) is 4.48. The molecule has 0 saturated carbocycles. The number of piperazine rings is 1. The molecule has 2 aromatic carbocycles. The number of benzene rings is 2. The average molecular weight is 349 g/mol. The van der Waals surface area contributed by atoms with Gasteiger partial charge in [0.15, 0.2) is 5.82 Å². The van der Waals surface area contributed by atoms with Crippen molar-refractivity contribution >= 4 is 11.4 Å². The van der Waals surface area contributed by atoms with Crippen LogP contribution in [0, 0.1) is 0 Å². The molecule has 1 saturated heterocycles. The lowest BCUT2D eigenvalue weighted by Gasteiger charge is -2.38. The number of anilines is 2. The van der Waals surface area contributed by atoms with Crippen molar-refractivity contribution in [3.63, 3.8) is 0 Å². The maximum atomic E-state index is 11.2. The van der Waals surface area contributed by atoms with Gasteiger partial charge in [-0.15, -0.1) is 0 Å². The third-order valence-electron chi connectivity index (χ3n) is 5.00. The Hall–Kier alpha value is -3.02. The van der Waals surface area contributed by atoms with Crippen molar-refractivity contribution in [1.29, 1.82) is 0 Å². The average Bonchev–Trinajstić information content (AvgIpc) is 3.14. The highest BCUT2D eigenvalue weighted by molar-refractivity contribution is 5.61. The van der Waals surface area contributed by atoms with Crippen LogP contribution in [0.4, 0.5) is 11.4 Å². The Morgan fingerprint density at radius 1 is 0.962 bits per heavy atom. The molecule has 26 heavy (non-hydrogen) atoms. The van der Waals surface area contributed by atoms with Gasteiger partial charge in [0, 0.05) is 43.1 Å². The number of rotatable bonds is 4. The van der Waals surface area contributed by atoms with Gasteiger partial charge < -0.3 is 9.80 Å². The lowest BCUT2D eigenvalue weighted by atomic mass is 10.1. The molecular formula is C20H23N5O. The first kappa shape index (κ1) is 16.4. The molecule has 0 aliphatic carbocycles. The summed E-state index contributed by atoms with van der Waals surface area (Å²) >= 11 is 0. The van der Waals surface area contributed by atoms with Crippen LogP contribution >= 0.6 is 0 Å². The Morgan fingerprint density at radius 3 is 2.31 bits per heavy atom.